The Kier molecular flexibility index (Phi) is 7.12. The van der Waals surface area contributed by atoms with Gasteiger partial charge in [0.05, 0.1) is 17.4 Å². The summed E-state index contributed by atoms with van der Waals surface area (Å²) in [6, 6.07) is 24.2. The van der Waals surface area contributed by atoms with Gasteiger partial charge in [0.1, 0.15) is 11.5 Å². The Hall–Kier alpha value is -4.96. The molecule has 0 aliphatic carbocycles. The van der Waals surface area contributed by atoms with E-state index < -0.39 is 0 Å². The normalized spacial score (nSPS) is 14.2. The van der Waals surface area contributed by atoms with Crippen molar-refractivity contribution in [3.8, 4) is 17.2 Å². The summed E-state index contributed by atoms with van der Waals surface area (Å²) in [5.74, 6) is 3.23. The summed E-state index contributed by atoms with van der Waals surface area (Å²) in [5.41, 5.74) is 11.0. The minimum Gasteiger partial charge on any atom is -0.457 e. The van der Waals surface area contributed by atoms with Crippen LogP contribution in [0.25, 0.3) is 22.2 Å². The van der Waals surface area contributed by atoms with Gasteiger partial charge in [-0.05, 0) is 60.7 Å². The minimum atomic E-state index is 0.234. The minimum absolute atomic E-state index is 0.234. The second-order valence-electron chi connectivity index (χ2n) is 11.4. The second-order valence-corrected chi connectivity index (χ2v) is 11.4. The van der Waals surface area contributed by atoms with Crippen LogP contribution in [0, 0.1) is 0 Å². The van der Waals surface area contributed by atoms with Crippen molar-refractivity contribution in [1.29, 1.82) is 0 Å². The van der Waals surface area contributed by atoms with Crippen molar-refractivity contribution in [2.75, 3.05) is 23.3 Å². The van der Waals surface area contributed by atoms with E-state index in [1.54, 1.807) is 0 Å². The largest absolute Gasteiger partial charge is 0.457 e. The summed E-state index contributed by atoms with van der Waals surface area (Å²) in [7, 11) is 0. The number of benzene rings is 3. The molecule has 10 nitrogen and oxygen atoms in total. The highest BCUT2D eigenvalue weighted by Gasteiger charge is 2.22. The fourth-order valence-corrected chi connectivity index (χ4v) is 5.52. The van der Waals surface area contributed by atoms with Gasteiger partial charge in [-0.25, -0.2) is 4.68 Å². The molecule has 0 radical (unpaired) electrons. The second kappa shape index (κ2) is 11.4. The molecular formula is C33H35N9O. The van der Waals surface area contributed by atoms with Gasteiger partial charge in [0.15, 0.2) is 5.65 Å². The standard InChI is InChI=1S/C33H35N9O/c1-22(2)28-20-36-42-31(28)37-33(40-16-14-25(34)15-17-40)38-32(42)35-19-23-8-6-7-11-30(23)41-21-24-18-27(12-13-29(24)39-41)43-26-9-4-3-5-10-26/h3-13,18,20-22,25H,14-17,19,34H2,1-2H3,(H,35,37,38). The third kappa shape index (κ3) is 5.49. The Balaban J connectivity index is 1.18. The zero-order valence-electron chi connectivity index (χ0n) is 24.4. The first-order valence-corrected chi connectivity index (χ1v) is 14.8. The monoisotopic (exact) mass is 573 g/mol. The van der Waals surface area contributed by atoms with E-state index in [1.807, 2.05) is 82.3 Å². The van der Waals surface area contributed by atoms with Crippen LogP contribution in [0.15, 0.2) is 85.2 Å². The van der Waals surface area contributed by atoms with Gasteiger partial charge in [-0.2, -0.15) is 24.7 Å². The molecule has 3 aromatic heterocycles. The molecule has 1 aliphatic rings. The van der Waals surface area contributed by atoms with Crippen molar-refractivity contribution in [3.63, 3.8) is 0 Å². The van der Waals surface area contributed by atoms with E-state index in [4.69, 9.17) is 25.5 Å². The third-order valence-electron chi connectivity index (χ3n) is 7.96. The molecule has 0 atom stereocenters. The van der Waals surface area contributed by atoms with Crippen molar-refractivity contribution < 1.29 is 4.74 Å². The molecule has 1 saturated heterocycles. The molecule has 3 N–H and O–H groups in total. The lowest BCUT2D eigenvalue weighted by molar-refractivity contribution is 0.483. The topological polar surface area (TPSA) is 111 Å². The molecule has 0 saturated carbocycles. The quantitative estimate of drug-likeness (QED) is 0.231. The molecule has 218 valence electrons. The highest BCUT2D eigenvalue weighted by Crippen LogP contribution is 2.28. The molecular weight excluding hydrogens is 538 g/mol. The number of aromatic nitrogens is 6. The molecule has 0 unspecified atom stereocenters. The zero-order valence-corrected chi connectivity index (χ0v) is 24.4. The number of fused-ring (bicyclic) bond motifs is 2. The number of nitrogens with zero attached hydrogens (tertiary/aromatic N) is 7. The average Bonchev–Trinajstić information content (AvgIpc) is 3.65. The van der Waals surface area contributed by atoms with Gasteiger partial charge in [0, 0.05) is 42.8 Å². The maximum atomic E-state index is 6.17. The molecule has 0 bridgehead atoms. The lowest BCUT2D eigenvalue weighted by Gasteiger charge is -2.30. The number of piperidine rings is 1. The predicted octanol–water partition coefficient (Wildman–Crippen LogP) is 5.92. The lowest BCUT2D eigenvalue weighted by atomic mass is 10.1. The van der Waals surface area contributed by atoms with Gasteiger partial charge in [0.2, 0.25) is 11.9 Å². The number of anilines is 2. The highest BCUT2D eigenvalue weighted by atomic mass is 16.5. The average molecular weight is 574 g/mol. The van der Waals surface area contributed by atoms with Crippen molar-refractivity contribution >= 4 is 28.4 Å². The van der Waals surface area contributed by atoms with Crippen LogP contribution >= 0.6 is 0 Å². The fourth-order valence-electron chi connectivity index (χ4n) is 5.52. The predicted molar refractivity (Wildman–Crippen MR) is 169 cm³/mol. The van der Waals surface area contributed by atoms with Crippen LogP contribution in [-0.4, -0.2) is 48.5 Å². The number of rotatable bonds is 8. The molecule has 43 heavy (non-hydrogen) atoms. The number of para-hydroxylation sites is 2. The first-order chi connectivity index (χ1) is 21.0. The van der Waals surface area contributed by atoms with Crippen LogP contribution < -0.4 is 20.7 Å². The molecule has 6 aromatic rings. The Morgan fingerprint density at radius 2 is 1.74 bits per heavy atom. The Morgan fingerprint density at radius 3 is 2.56 bits per heavy atom. The molecule has 3 aromatic carbocycles. The number of ether oxygens (including phenoxy) is 1. The van der Waals surface area contributed by atoms with E-state index in [0.717, 1.165) is 70.8 Å². The summed E-state index contributed by atoms with van der Waals surface area (Å²) in [6.07, 6.45) is 5.80. The van der Waals surface area contributed by atoms with Gasteiger partial charge >= 0.3 is 0 Å². The van der Waals surface area contributed by atoms with Crippen molar-refractivity contribution in [2.45, 2.75) is 45.2 Å². The summed E-state index contributed by atoms with van der Waals surface area (Å²) in [4.78, 5) is 12.1. The maximum absolute atomic E-state index is 6.17. The summed E-state index contributed by atoms with van der Waals surface area (Å²) in [6.45, 7) is 6.53. The fraction of sp³-hybridized carbons (Fsp3) is 0.273. The van der Waals surface area contributed by atoms with Crippen molar-refractivity contribution in [3.05, 3.63) is 96.3 Å². The third-order valence-corrected chi connectivity index (χ3v) is 7.96. The van der Waals surface area contributed by atoms with Crippen LogP contribution in [0.4, 0.5) is 11.9 Å². The van der Waals surface area contributed by atoms with Gasteiger partial charge in [-0.15, -0.1) is 0 Å². The smallest absolute Gasteiger partial charge is 0.230 e. The van der Waals surface area contributed by atoms with E-state index in [2.05, 4.69) is 41.3 Å². The van der Waals surface area contributed by atoms with Gasteiger partial charge < -0.3 is 20.7 Å². The highest BCUT2D eigenvalue weighted by molar-refractivity contribution is 5.80. The van der Waals surface area contributed by atoms with Crippen molar-refractivity contribution in [1.82, 2.24) is 29.4 Å². The molecule has 0 spiro atoms. The molecule has 1 fully saturated rings. The van der Waals surface area contributed by atoms with E-state index in [9.17, 15) is 0 Å². The molecule has 4 heterocycles. The lowest BCUT2D eigenvalue weighted by Crippen LogP contribution is -2.40. The van der Waals surface area contributed by atoms with Crippen LogP contribution in [0.3, 0.4) is 0 Å². The van der Waals surface area contributed by atoms with Crippen molar-refractivity contribution in [2.24, 2.45) is 5.73 Å². The summed E-state index contributed by atoms with van der Waals surface area (Å²) in [5, 5.41) is 14.1. The SMILES string of the molecule is CC(C)c1cnn2c(NCc3ccccc3-n3cc4cc(Oc5ccccc5)ccc4n3)nc(N3CCC(N)CC3)nc12. The summed E-state index contributed by atoms with van der Waals surface area (Å²) >= 11 is 0. The van der Waals surface area contributed by atoms with Gasteiger partial charge in [-0.3, -0.25) is 0 Å². The maximum Gasteiger partial charge on any atom is 0.230 e. The first kappa shape index (κ1) is 26.9. The molecule has 1 aliphatic heterocycles. The number of hydrogen-bond acceptors (Lipinski definition) is 8. The summed E-state index contributed by atoms with van der Waals surface area (Å²) < 4.78 is 9.79. The van der Waals surface area contributed by atoms with E-state index in [0.29, 0.717) is 18.4 Å². The van der Waals surface area contributed by atoms with E-state index >= 15 is 0 Å². The number of nitrogens with two attached hydrogens (primary N) is 1. The Labute approximate surface area is 250 Å². The zero-order chi connectivity index (χ0) is 29.3. The van der Waals surface area contributed by atoms with Crippen LogP contribution in [0.5, 0.6) is 11.5 Å². The van der Waals surface area contributed by atoms with Crippen LogP contribution in [-0.2, 0) is 6.54 Å². The van der Waals surface area contributed by atoms with Gasteiger partial charge in [-0.1, -0.05) is 50.2 Å². The molecule has 7 rings (SSSR count). The number of nitrogens with one attached hydrogen (secondary N) is 1. The van der Waals surface area contributed by atoms with Crippen LogP contribution in [0.2, 0.25) is 0 Å². The van der Waals surface area contributed by atoms with E-state index in [-0.39, 0.29) is 12.0 Å². The Bertz CT molecular complexity index is 1870. The first-order valence-electron chi connectivity index (χ1n) is 14.8. The van der Waals surface area contributed by atoms with Gasteiger partial charge in [0.25, 0.3) is 0 Å². The molecule has 0 amide bonds. The Morgan fingerprint density at radius 1 is 0.953 bits per heavy atom. The number of hydrogen-bond donors (Lipinski definition) is 2. The molecule has 10 heteroatoms. The van der Waals surface area contributed by atoms with Crippen LogP contribution in [0.1, 0.15) is 43.7 Å². The van der Waals surface area contributed by atoms with E-state index in [1.165, 1.54) is 0 Å².